The minimum Gasteiger partial charge on any atom is -0.380 e. The van der Waals surface area contributed by atoms with Crippen LogP contribution in [-0.2, 0) is 22.1 Å². The summed E-state index contributed by atoms with van der Waals surface area (Å²) in [5, 5.41) is 10.3. The predicted molar refractivity (Wildman–Crippen MR) is 78.7 cm³/mol. The molecule has 1 N–H and O–H groups in total. The summed E-state index contributed by atoms with van der Waals surface area (Å²) in [7, 11) is 0.725. The summed E-state index contributed by atoms with van der Waals surface area (Å²) in [6.45, 7) is 0.456. The monoisotopic (exact) mass is 295 g/mol. The second kappa shape index (κ2) is 6.06. The van der Waals surface area contributed by atoms with Gasteiger partial charge >= 0.3 is 0 Å². The smallest absolute Gasteiger partial charge is 0.254 e. The highest BCUT2D eigenvalue weighted by Crippen LogP contribution is 2.31. The lowest BCUT2D eigenvalue weighted by Crippen LogP contribution is -2.45. The quantitative estimate of drug-likeness (QED) is 0.919. The molecule has 1 aromatic rings. The first kappa shape index (κ1) is 15.2. The van der Waals surface area contributed by atoms with Gasteiger partial charge in [-0.2, -0.15) is 0 Å². The summed E-state index contributed by atoms with van der Waals surface area (Å²) in [5.41, 5.74) is -0.198. The largest absolute Gasteiger partial charge is 0.380 e. The highest BCUT2D eigenvalue weighted by Gasteiger charge is 2.40. The lowest BCUT2D eigenvalue weighted by molar-refractivity contribution is -0.149. The molecule has 0 radical (unpaired) electrons. The fourth-order valence-electron chi connectivity index (χ4n) is 2.66. The Morgan fingerprint density at radius 2 is 1.85 bits per heavy atom. The molecule has 1 aromatic carbocycles. The molecule has 0 bridgehead atoms. The van der Waals surface area contributed by atoms with Crippen molar-refractivity contribution in [3.05, 3.63) is 29.8 Å². The van der Waals surface area contributed by atoms with Crippen molar-refractivity contribution in [2.75, 3.05) is 13.3 Å². The fourth-order valence-corrected chi connectivity index (χ4v) is 3.18. The van der Waals surface area contributed by atoms with Crippen molar-refractivity contribution in [1.82, 2.24) is 4.90 Å². The molecule has 0 aromatic heterocycles. The first-order chi connectivity index (χ1) is 9.42. The Hall–Kier alpha value is -1.20. The van der Waals surface area contributed by atoms with Gasteiger partial charge in [-0.25, -0.2) is 0 Å². The molecule has 5 heteroatoms. The molecule has 1 atom stereocenters. The topological polar surface area (TPSA) is 57.6 Å². The van der Waals surface area contributed by atoms with Crippen LogP contribution in [0.3, 0.4) is 0 Å². The number of likely N-dealkylation sites (N-methyl/N-ethyl adjacent to an activating group) is 1. The van der Waals surface area contributed by atoms with E-state index in [9.17, 15) is 14.1 Å². The van der Waals surface area contributed by atoms with Gasteiger partial charge in [0, 0.05) is 35.5 Å². The van der Waals surface area contributed by atoms with Gasteiger partial charge in [-0.15, -0.1) is 0 Å². The molecule has 0 spiro atoms. The molecule has 0 saturated heterocycles. The molecule has 110 valence electrons. The Morgan fingerprint density at radius 1 is 1.30 bits per heavy atom. The van der Waals surface area contributed by atoms with Crippen LogP contribution >= 0.6 is 0 Å². The van der Waals surface area contributed by atoms with Crippen molar-refractivity contribution in [1.29, 1.82) is 0 Å². The van der Waals surface area contributed by atoms with E-state index in [-0.39, 0.29) is 5.91 Å². The Morgan fingerprint density at radius 3 is 2.35 bits per heavy atom. The van der Waals surface area contributed by atoms with Gasteiger partial charge in [-0.3, -0.25) is 9.00 Å². The maximum atomic E-state index is 12.3. The molecule has 1 saturated carbocycles. The molecule has 4 nitrogen and oxygen atoms in total. The maximum absolute atomic E-state index is 12.3. The van der Waals surface area contributed by atoms with Gasteiger partial charge in [0.1, 0.15) is 5.60 Å². The average molecular weight is 295 g/mol. The van der Waals surface area contributed by atoms with Crippen molar-refractivity contribution in [2.45, 2.75) is 42.7 Å². The molecule has 1 unspecified atom stereocenters. The number of hydrogen-bond acceptors (Lipinski definition) is 3. The number of carbonyl (C=O) groups excluding carboxylic acids is 1. The van der Waals surface area contributed by atoms with Gasteiger partial charge in [0.15, 0.2) is 0 Å². The number of benzene rings is 1. The number of amides is 1. The molecule has 20 heavy (non-hydrogen) atoms. The zero-order chi connectivity index (χ0) is 14.8. The van der Waals surface area contributed by atoms with E-state index >= 15 is 0 Å². The lowest BCUT2D eigenvalue weighted by atomic mass is 10.0. The van der Waals surface area contributed by atoms with E-state index in [1.54, 1.807) is 18.2 Å². The Balaban J connectivity index is 2.02. The molecule has 2 rings (SSSR count). The van der Waals surface area contributed by atoms with Crippen molar-refractivity contribution in [2.24, 2.45) is 0 Å². The highest BCUT2D eigenvalue weighted by molar-refractivity contribution is 7.84. The van der Waals surface area contributed by atoms with E-state index in [1.165, 1.54) is 0 Å². The minimum atomic E-state index is -1.17. The summed E-state index contributed by atoms with van der Waals surface area (Å²) in [5.74, 6) is -0.196. The number of hydrogen-bond donors (Lipinski definition) is 1. The van der Waals surface area contributed by atoms with Crippen LogP contribution in [0, 0.1) is 0 Å². The molecule has 1 amide bonds. The maximum Gasteiger partial charge on any atom is 0.254 e. The summed E-state index contributed by atoms with van der Waals surface area (Å²) < 4.78 is 11.3. The Bertz CT molecular complexity index is 506. The SMILES string of the molecule is CN(Cc1ccc(S(C)=O)cc1)C(=O)C1(O)CCCC1. The molecule has 1 fully saturated rings. The number of nitrogens with zero attached hydrogens (tertiary/aromatic N) is 1. The number of carbonyl (C=O) groups is 1. The van der Waals surface area contributed by atoms with E-state index in [0.717, 1.165) is 23.3 Å². The zero-order valence-corrected chi connectivity index (χ0v) is 12.8. The molecule has 0 aliphatic heterocycles. The van der Waals surface area contributed by atoms with Crippen LogP contribution in [0.1, 0.15) is 31.2 Å². The lowest BCUT2D eigenvalue weighted by Gasteiger charge is -2.27. The van der Waals surface area contributed by atoms with Gasteiger partial charge in [-0.05, 0) is 43.4 Å². The number of aliphatic hydroxyl groups is 1. The molecule has 1 aliphatic carbocycles. The van der Waals surface area contributed by atoms with Gasteiger partial charge in [0.25, 0.3) is 5.91 Å². The van der Waals surface area contributed by atoms with Gasteiger partial charge in [-0.1, -0.05) is 12.1 Å². The van der Waals surface area contributed by atoms with E-state index < -0.39 is 16.4 Å². The van der Waals surface area contributed by atoms with Crippen molar-refractivity contribution >= 4 is 16.7 Å². The number of rotatable bonds is 4. The second-order valence-corrected chi connectivity index (χ2v) is 6.88. The third-order valence-corrected chi connectivity index (χ3v) is 4.79. The summed E-state index contributed by atoms with van der Waals surface area (Å²) in [6.07, 6.45) is 4.58. The van der Waals surface area contributed by atoms with Gasteiger partial charge in [0.05, 0.1) is 0 Å². The average Bonchev–Trinajstić information content (AvgIpc) is 2.86. The minimum absolute atomic E-state index is 0.196. The van der Waals surface area contributed by atoms with E-state index in [4.69, 9.17) is 0 Å². The summed E-state index contributed by atoms with van der Waals surface area (Å²) in [4.78, 5) is 14.6. The normalized spacial score (nSPS) is 18.8. The van der Waals surface area contributed by atoms with Crippen molar-refractivity contribution < 1.29 is 14.1 Å². The van der Waals surface area contributed by atoms with Crippen LogP contribution < -0.4 is 0 Å². The van der Waals surface area contributed by atoms with Crippen LogP contribution in [0.15, 0.2) is 29.2 Å². The van der Waals surface area contributed by atoms with E-state index in [1.807, 2.05) is 24.3 Å². The Kier molecular flexibility index (Phi) is 4.60. The first-order valence-electron chi connectivity index (χ1n) is 6.83. The summed E-state index contributed by atoms with van der Waals surface area (Å²) in [6, 6.07) is 7.38. The summed E-state index contributed by atoms with van der Waals surface area (Å²) >= 11 is 0. The third-order valence-electron chi connectivity index (χ3n) is 3.85. The zero-order valence-electron chi connectivity index (χ0n) is 12.0. The first-order valence-corrected chi connectivity index (χ1v) is 8.38. The molecular weight excluding hydrogens is 274 g/mol. The van der Waals surface area contributed by atoms with Crippen molar-refractivity contribution in [3.63, 3.8) is 0 Å². The highest BCUT2D eigenvalue weighted by atomic mass is 32.2. The van der Waals surface area contributed by atoms with Crippen LogP contribution in [0.25, 0.3) is 0 Å². The van der Waals surface area contributed by atoms with E-state index in [0.29, 0.717) is 19.4 Å². The van der Waals surface area contributed by atoms with Gasteiger partial charge < -0.3 is 10.0 Å². The van der Waals surface area contributed by atoms with E-state index in [2.05, 4.69) is 0 Å². The third kappa shape index (κ3) is 3.27. The van der Waals surface area contributed by atoms with Crippen LogP contribution in [0.2, 0.25) is 0 Å². The molecular formula is C15H21NO3S. The molecule has 1 aliphatic rings. The fraction of sp³-hybridized carbons (Fsp3) is 0.533. The standard InChI is InChI=1S/C15H21NO3S/c1-16(14(17)15(18)9-3-4-10-15)11-12-5-7-13(8-6-12)20(2)19/h5-8,18H,3-4,9-11H2,1-2H3. The van der Waals surface area contributed by atoms with Crippen LogP contribution in [0.5, 0.6) is 0 Å². The van der Waals surface area contributed by atoms with Crippen molar-refractivity contribution in [3.8, 4) is 0 Å². The second-order valence-electron chi connectivity index (χ2n) is 5.50. The predicted octanol–water partition coefficient (Wildman–Crippen LogP) is 1.69. The van der Waals surface area contributed by atoms with Crippen LogP contribution in [0.4, 0.5) is 0 Å². The molecule has 0 heterocycles. The van der Waals surface area contributed by atoms with Gasteiger partial charge in [0.2, 0.25) is 0 Å². The Labute approximate surface area is 122 Å². The van der Waals surface area contributed by atoms with Crippen LogP contribution in [-0.4, -0.2) is 39.0 Å².